The third-order valence-electron chi connectivity index (χ3n) is 25.2. The molecule has 4 aromatic heterocycles. The number of fused-ring (bicyclic) bond motifs is 20. The van der Waals surface area contributed by atoms with Gasteiger partial charge in [-0.1, -0.05) is 131 Å². The number of nitrogens with two attached hydrogens (primary N) is 8. The number of aromatic nitrogens is 3. The number of ether oxygens (including phenoxy) is 4. The molecule has 132 heavy (non-hydrogen) atoms. The topological polar surface area (TPSA) is 316 Å². The molecule has 0 radical (unpaired) electrons. The highest BCUT2D eigenvalue weighted by atomic mass is 16.5. The third kappa shape index (κ3) is 17.0. The van der Waals surface area contributed by atoms with Crippen LogP contribution in [0.5, 0.6) is 46.0 Å². The fourth-order valence-corrected chi connectivity index (χ4v) is 18.2. The Kier molecular flexibility index (Phi) is 22.1. The Hall–Kier alpha value is -17.3. The maximum Gasteiger partial charge on any atom is 0.133 e. The Bertz CT molecular complexity index is 7080. The summed E-state index contributed by atoms with van der Waals surface area (Å²) in [5.41, 5.74) is 66.7. The molecular weight excluding hydrogens is 1630 g/mol. The highest BCUT2D eigenvalue weighted by Crippen LogP contribution is 2.52. The van der Waals surface area contributed by atoms with Crippen LogP contribution in [0.4, 0.5) is 45.5 Å². The lowest BCUT2D eigenvalue weighted by Crippen LogP contribution is -2.07. The van der Waals surface area contributed by atoms with Crippen LogP contribution in [0, 0.1) is 0 Å². The van der Waals surface area contributed by atoms with E-state index in [9.17, 15) is 0 Å². The number of nitrogen functional groups attached to an aromatic ring is 8. The zero-order valence-corrected chi connectivity index (χ0v) is 73.0. The summed E-state index contributed by atoms with van der Waals surface area (Å²) in [6.45, 7) is 8.87. The van der Waals surface area contributed by atoms with Crippen LogP contribution in [0.3, 0.4) is 0 Å². The fourth-order valence-electron chi connectivity index (χ4n) is 18.2. The lowest BCUT2D eigenvalue weighted by atomic mass is 9.87. The Balaban J connectivity index is 0.0000000985. The van der Waals surface area contributed by atoms with Gasteiger partial charge in [-0.3, -0.25) is 0 Å². The summed E-state index contributed by atoms with van der Waals surface area (Å²) in [4.78, 5) is 9.79. The van der Waals surface area contributed by atoms with Crippen molar-refractivity contribution in [1.29, 1.82) is 0 Å². The fraction of sp³-hybridized carbons (Fsp3) is 0.0696. The molecule has 17 nitrogen and oxygen atoms in total. The molecule has 18 N–H and O–H groups in total. The number of nitrogens with one attached hydrogen (secondary N) is 2. The molecule has 0 saturated carbocycles. The lowest BCUT2D eigenvalue weighted by molar-refractivity contribution is 0.451. The van der Waals surface area contributed by atoms with Crippen molar-refractivity contribution in [3.05, 3.63) is 416 Å². The summed E-state index contributed by atoms with van der Waals surface area (Å²) >= 11 is 0. The number of furan rings is 2. The average Bonchev–Trinajstić information content (AvgIpc) is 1.74. The SMILES string of the molecule is CC1c2cc3cc(N)ccc3cc2Oc2cc3ccc(N)cc3cc21.CC1c2cc3cc(N)ccc3cc2Oc2cc3ccc(N)cc3cc21.CC1c2cc3cc(N)ccc3cc2Oc2cc3ccc(N)cc3cc21.CC1c2cc3cc(N)ccc3cc2Oc2cc3ccc(N)cc3cc21.c1c[nH]cn1.c1ccc2c(c1)[nH]c1ccccc12.c1ccc2occc2c1.c1ccoc1. The number of para-hydroxylation sites is 3. The molecule has 0 atom stereocenters. The maximum absolute atomic E-state index is 6.26. The molecule has 27 rings (SSSR count). The predicted molar refractivity (Wildman–Crippen MR) is 547 cm³/mol. The van der Waals surface area contributed by atoms with Crippen molar-refractivity contribution in [3.63, 3.8) is 0 Å². The summed E-state index contributed by atoms with van der Waals surface area (Å²) in [7, 11) is 0. The van der Waals surface area contributed by atoms with Crippen molar-refractivity contribution in [2.24, 2.45) is 0 Å². The van der Waals surface area contributed by atoms with Gasteiger partial charge in [-0.25, -0.2) is 4.98 Å². The summed E-state index contributed by atoms with van der Waals surface area (Å²) in [6.07, 6.45) is 10.0. The van der Waals surface area contributed by atoms with Gasteiger partial charge < -0.3 is 83.6 Å². The van der Waals surface area contributed by atoms with Crippen LogP contribution in [0.25, 0.3) is 119 Å². The first-order valence-electron chi connectivity index (χ1n) is 43.9. The normalized spacial score (nSPS) is 12.6. The minimum absolute atomic E-state index is 0.246. The van der Waals surface area contributed by atoms with Gasteiger partial charge in [0.1, 0.15) is 51.6 Å². The molecule has 23 aromatic rings. The number of nitrogens with zero attached hydrogens (tertiary/aromatic N) is 1. The number of hydrogen-bond acceptors (Lipinski definition) is 15. The minimum Gasteiger partial charge on any atom is -0.473 e. The summed E-state index contributed by atoms with van der Waals surface area (Å²) in [6, 6.07) is 113. The van der Waals surface area contributed by atoms with E-state index < -0.39 is 0 Å². The molecule has 0 spiro atoms. The van der Waals surface area contributed by atoms with Crippen LogP contribution < -0.4 is 64.8 Å². The van der Waals surface area contributed by atoms with Gasteiger partial charge in [-0.15, -0.1) is 0 Å². The van der Waals surface area contributed by atoms with Crippen molar-refractivity contribution in [3.8, 4) is 46.0 Å². The minimum atomic E-state index is 0.246. The van der Waals surface area contributed by atoms with Gasteiger partial charge in [0.05, 0.1) is 25.1 Å². The van der Waals surface area contributed by atoms with Crippen molar-refractivity contribution < 1.29 is 27.8 Å². The molecule has 0 aliphatic carbocycles. The van der Waals surface area contributed by atoms with E-state index >= 15 is 0 Å². The van der Waals surface area contributed by atoms with Crippen molar-refractivity contribution in [2.75, 3.05) is 45.9 Å². The molecule has 0 amide bonds. The van der Waals surface area contributed by atoms with Crippen LogP contribution in [-0.2, 0) is 0 Å². The first-order valence-corrected chi connectivity index (χ1v) is 43.9. The first-order chi connectivity index (χ1) is 64.2. The number of aromatic amines is 2. The van der Waals surface area contributed by atoms with Crippen molar-refractivity contribution >= 4 is 164 Å². The number of imidazole rings is 1. The molecular formula is C115H95N11O6. The average molecular weight is 1730 g/mol. The number of hydrogen-bond donors (Lipinski definition) is 10. The lowest BCUT2D eigenvalue weighted by Gasteiger charge is -2.27. The molecule has 17 heteroatoms. The molecule has 0 bridgehead atoms. The zero-order valence-electron chi connectivity index (χ0n) is 73.0. The van der Waals surface area contributed by atoms with Gasteiger partial charge >= 0.3 is 0 Å². The highest BCUT2D eigenvalue weighted by Gasteiger charge is 2.30. The summed E-state index contributed by atoms with van der Waals surface area (Å²) < 4.78 is 34.7. The van der Waals surface area contributed by atoms with E-state index in [0.29, 0.717) is 0 Å². The molecule has 4 aliphatic heterocycles. The zero-order chi connectivity index (χ0) is 90.4. The van der Waals surface area contributed by atoms with Crippen LogP contribution in [0.2, 0.25) is 0 Å². The van der Waals surface area contributed by atoms with Crippen molar-refractivity contribution in [2.45, 2.75) is 51.4 Å². The molecule has 4 aliphatic rings. The smallest absolute Gasteiger partial charge is 0.133 e. The highest BCUT2D eigenvalue weighted by molar-refractivity contribution is 6.07. The van der Waals surface area contributed by atoms with Gasteiger partial charge in [-0.2, -0.15) is 0 Å². The van der Waals surface area contributed by atoms with E-state index in [4.69, 9.17) is 69.2 Å². The van der Waals surface area contributed by atoms with E-state index in [1.54, 1.807) is 37.5 Å². The molecule has 0 fully saturated rings. The van der Waals surface area contributed by atoms with Crippen LogP contribution in [0.1, 0.15) is 95.9 Å². The molecule has 8 heterocycles. The number of benzene rings is 19. The molecule has 646 valence electrons. The Morgan fingerprint density at radius 3 is 0.705 bits per heavy atom. The number of anilines is 8. The van der Waals surface area contributed by atoms with E-state index in [-0.39, 0.29) is 23.7 Å². The van der Waals surface area contributed by atoms with E-state index in [0.717, 1.165) is 189 Å². The summed E-state index contributed by atoms with van der Waals surface area (Å²) in [5.74, 6) is 8.37. The van der Waals surface area contributed by atoms with Gasteiger partial charge in [-0.05, 0) is 317 Å². The van der Waals surface area contributed by atoms with Gasteiger partial charge in [0.15, 0.2) is 0 Å². The number of H-pyrrole nitrogens is 2. The second-order valence-electron chi connectivity index (χ2n) is 34.0. The van der Waals surface area contributed by atoms with Gasteiger partial charge in [0.25, 0.3) is 0 Å². The number of rotatable bonds is 0. The second-order valence-corrected chi connectivity index (χ2v) is 34.0. The van der Waals surface area contributed by atoms with Crippen LogP contribution in [0.15, 0.2) is 380 Å². The quantitative estimate of drug-likeness (QED) is 0.0631. The predicted octanol–water partition coefficient (Wildman–Crippen LogP) is 29.1. The van der Waals surface area contributed by atoms with Gasteiger partial charge in [0, 0.05) is 153 Å². The monoisotopic (exact) mass is 1730 g/mol. The summed E-state index contributed by atoms with van der Waals surface area (Å²) in [5, 5.41) is 22.0. The van der Waals surface area contributed by atoms with E-state index in [2.05, 4.69) is 193 Å². The van der Waals surface area contributed by atoms with Crippen LogP contribution >= 0.6 is 0 Å². The van der Waals surface area contributed by atoms with Crippen LogP contribution in [-0.4, -0.2) is 15.0 Å². The first kappa shape index (κ1) is 82.9. The second kappa shape index (κ2) is 35.1. The van der Waals surface area contributed by atoms with E-state index in [1.165, 1.54) is 66.3 Å². The molecule has 19 aromatic carbocycles. The largest absolute Gasteiger partial charge is 0.473 e. The van der Waals surface area contributed by atoms with E-state index in [1.807, 2.05) is 188 Å². The Labute approximate surface area is 761 Å². The third-order valence-corrected chi connectivity index (χ3v) is 25.2. The van der Waals surface area contributed by atoms with Crippen molar-refractivity contribution in [1.82, 2.24) is 15.0 Å². The Morgan fingerprint density at radius 2 is 0.485 bits per heavy atom. The van der Waals surface area contributed by atoms with Gasteiger partial charge in [0.2, 0.25) is 0 Å². The maximum atomic E-state index is 6.26. The molecule has 0 saturated heterocycles. The Morgan fingerprint density at radius 1 is 0.235 bits per heavy atom. The standard InChI is InChI=1S/4C22H18N2O.C12H9N.C8H6O.C4H4O.C3H4N2/c4*1-12-19-8-15-6-17(23)4-2-13(15)10-21(19)25-22-11-14-3-5-18(24)7-16(14)9-20(12)22;1-3-7-11-9(5-1)10-6-2-4-8-12(10)13-11;1-2-4-8-7(3-1)5-6-9-8;1-2-4-5-3-1;1-2-5-3-4-1/h4*2-12H,23-24H2,1H3;1-8,13H;1-6H;1-4H;1-3H,(H,4,5). The molecule has 0 unspecified atom stereocenters.